The number of thioether (sulfide) groups is 1. The van der Waals surface area contributed by atoms with Crippen LogP contribution >= 0.6 is 11.8 Å². The third-order valence-electron chi connectivity index (χ3n) is 5.35. The molecule has 1 fully saturated rings. The molecule has 1 aliphatic rings. The lowest BCUT2D eigenvalue weighted by molar-refractivity contribution is 0.200. The van der Waals surface area contributed by atoms with Crippen molar-refractivity contribution in [3.63, 3.8) is 0 Å². The van der Waals surface area contributed by atoms with Crippen LogP contribution in [0.15, 0.2) is 48.6 Å². The van der Waals surface area contributed by atoms with Gasteiger partial charge in [-0.2, -0.15) is 0 Å². The fraction of sp³-hybridized carbons (Fsp3) is 0.654. The second-order valence-electron chi connectivity index (χ2n) is 7.79. The van der Waals surface area contributed by atoms with Crippen molar-refractivity contribution >= 4 is 17.0 Å². The lowest BCUT2D eigenvalue weighted by Crippen LogP contribution is -2.34. The molecule has 1 saturated heterocycles. The van der Waals surface area contributed by atoms with E-state index in [1.54, 1.807) is 0 Å². The second-order valence-corrected chi connectivity index (χ2v) is 8.84. The lowest BCUT2D eigenvalue weighted by atomic mass is 10.0. The molecule has 0 bridgehead atoms. The Morgan fingerprint density at radius 2 is 1.41 bits per heavy atom. The minimum Gasteiger partial charge on any atom is -0.330 e. The SMILES string of the molecule is CCCC/C=C/C=C/C=C/CCCC/C=C/CCCCC(CC)N1CCSC1=O. The molecule has 1 aliphatic heterocycles. The van der Waals surface area contributed by atoms with Crippen molar-refractivity contribution in [2.45, 2.75) is 96.9 Å². The number of carbonyl (C=O) groups is 1. The maximum Gasteiger partial charge on any atom is 0.281 e. The average Bonchev–Trinajstić information content (AvgIpc) is 3.15. The highest BCUT2D eigenvalue weighted by Crippen LogP contribution is 2.24. The summed E-state index contributed by atoms with van der Waals surface area (Å²) >= 11 is 1.48. The van der Waals surface area contributed by atoms with Crippen molar-refractivity contribution in [1.82, 2.24) is 4.90 Å². The van der Waals surface area contributed by atoms with Crippen LogP contribution in [0.4, 0.5) is 4.79 Å². The van der Waals surface area contributed by atoms with E-state index in [1.165, 1.54) is 76.0 Å². The van der Waals surface area contributed by atoms with E-state index in [1.807, 2.05) is 0 Å². The highest BCUT2D eigenvalue weighted by Gasteiger charge is 2.26. The number of nitrogens with zero attached hydrogens (tertiary/aromatic N) is 1. The van der Waals surface area contributed by atoms with Crippen LogP contribution in [0.3, 0.4) is 0 Å². The highest BCUT2D eigenvalue weighted by atomic mass is 32.2. The van der Waals surface area contributed by atoms with Gasteiger partial charge in [-0.25, -0.2) is 0 Å². The van der Waals surface area contributed by atoms with Gasteiger partial charge in [-0.3, -0.25) is 4.79 Å². The van der Waals surface area contributed by atoms with Gasteiger partial charge in [0.25, 0.3) is 5.24 Å². The van der Waals surface area contributed by atoms with Gasteiger partial charge in [-0.05, 0) is 57.8 Å². The first-order chi connectivity index (χ1) is 14.3. The Hall–Kier alpha value is -1.22. The predicted octanol–water partition coefficient (Wildman–Crippen LogP) is 8.47. The molecule has 0 N–H and O–H groups in total. The van der Waals surface area contributed by atoms with Crippen molar-refractivity contribution in [1.29, 1.82) is 0 Å². The van der Waals surface area contributed by atoms with E-state index in [0.29, 0.717) is 11.3 Å². The van der Waals surface area contributed by atoms with E-state index in [2.05, 4.69) is 67.4 Å². The molecule has 1 rings (SSSR count). The van der Waals surface area contributed by atoms with E-state index < -0.39 is 0 Å². The molecule has 1 amide bonds. The third kappa shape index (κ3) is 13.6. The van der Waals surface area contributed by atoms with E-state index in [4.69, 9.17) is 0 Å². The zero-order chi connectivity index (χ0) is 21.0. The fourth-order valence-corrected chi connectivity index (χ4v) is 4.39. The van der Waals surface area contributed by atoms with Crippen molar-refractivity contribution in [3.05, 3.63) is 48.6 Å². The van der Waals surface area contributed by atoms with Crippen LogP contribution in [0, 0.1) is 0 Å². The first kappa shape index (κ1) is 25.8. The molecule has 2 nitrogen and oxygen atoms in total. The Morgan fingerprint density at radius 1 is 0.828 bits per heavy atom. The van der Waals surface area contributed by atoms with Crippen LogP contribution in [0.2, 0.25) is 0 Å². The molecule has 0 aromatic rings. The van der Waals surface area contributed by atoms with Gasteiger partial charge in [-0.15, -0.1) is 0 Å². The minimum atomic E-state index is 0.293. The van der Waals surface area contributed by atoms with Crippen molar-refractivity contribution in [2.75, 3.05) is 12.3 Å². The summed E-state index contributed by atoms with van der Waals surface area (Å²) in [6.45, 7) is 5.38. The molecule has 3 heteroatoms. The molecule has 1 unspecified atom stereocenters. The minimum absolute atomic E-state index is 0.293. The van der Waals surface area contributed by atoms with Gasteiger partial charge in [0.2, 0.25) is 0 Å². The highest BCUT2D eigenvalue weighted by molar-refractivity contribution is 8.13. The van der Waals surface area contributed by atoms with E-state index in [0.717, 1.165) is 25.1 Å². The zero-order valence-electron chi connectivity index (χ0n) is 18.9. The molecule has 1 atom stereocenters. The molecule has 0 aliphatic carbocycles. The Bertz CT molecular complexity index is 521. The quantitative estimate of drug-likeness (QED) is 0.134. The van der Waals surface area contributed by atoms with Gasteiger partial charge in [0.1, 0.15) is 0 Å². The summed E-state index contributed by atoms with van der Waals surface area (Å²) in [5.41, 5.74) is 0. The number of allylic oxidation sites excluding steroid dienone is 8. The number of amides is 1. The molecule has 164 valence electrons. The van der Waals surface area contributed by atoms with Crippen LogP contribution in [-0.2, 0) is 0 Å². The summed E-state index contributed by atoms with van der Waals surface area (Å²) in [5.74, 6) is 0.973. The van der Waals surface area contributed by atoms with E-state index in [9.17, 15) is 4.79 Å². The number of rotatable bonds is 17. The van der Waals surface area contributed by atoms with Crippen LogP contribution in [0.1, 0.15) is 90.9 Å². The smallest absolute Gasteiger partial charge is 0.281 e. The van der Waals surface area contributed by atoms with Crippen molar-refractivity contribution < 1.29 is 4.79 Å². The summed E-state index contributed by atoms with van der Waals surface area (Å²) < 4.78 is 0. The molecule has 0 radical (unpaired) electrons. The topological polar surface area (TPSA) is 20.3 Å². The summed E-state index contributed by atoms with van der Waals surface area (Å²) in [4.78, 5) is 13.9. The third-order valence-corrected chi connectivity index (χ3v) is 6.22. The van der Waals surface area contributed by atoms with Gasteiger partial charge in [-0.1, -0.05) is 93.5 Å². The first-order valence-corrected chi connectivity index (χ1v) is 12.8. The monoisotopic (exact) mass is 417 g/mol. The normalized spacial score (nSPS) is 16.5. The zero-order valence-corrected chi connectivity index (χ0v) is 19.7. The van der Waals surface area contributed by atoms with Gasteiger partial charge in [0, 0.05) is 18.3 Å². The van der Waals surface area contributed by atoms with Gasteiger partial charge in [0.15, 0.2) is 0 Å². The maximum absolute atomic E-state index is 11.8. The maximum atomic E-state index is 11.8. The average molecular weight is 418 g/mol. The predicted molar refractivity (Wildman–Crippen MR) is 132 cm³/mol. The van der Waals surface area contributed by atoms with E-state index in [-0.39, 0.29) is 0 Å². The number of unbranched alkanes of at least 4 members (excludes halogenated alkanes) is 7. The summed E-state index contributed by atoms with van der Waals surface area (Å²) in [7, 11) is 0. The molecular formula is C26H43NOS. The van der Waals surface area contributed by atoms with Crippen LogP contribution in [0.5, 0.6) is 0 Å². The summed E-state index contributed by atoms with van der Waals surface area (Å²) in [5, 5.41) is 0.293. The molecule has 0 saturated carbocycles. The van der Waals surface area contributed by atoms with Gasteiger partial charge in [0.05, 0.1) is 0 Å². The van der Waals surface area contributed by atoms with Crippen molar-refractivity contribution in [2.24, 2.45) is 0 Å². The molecule has 1 heterocycles. The van der Waals surface area contributed by atoms with Gasteiger partial charge < -0.3 is 4.90 Å². The molecule has 0 aromatic carbocycles. The summed E-state index contributed by atoms with van der Waals surface area (Å²) in [6.07, 6.45) is 32.3. The number of hydrogen-bond donors (Lipinski definition) is 0. The number of carbonyl (C=O) groups excluding carboxylic acids is 1. The van der Waals surface area contributed by atoms with Crippen LogP contribution < -0.4 is 0 Å². The van der Waals surface area contributed by atoms with Crippen LogP contribution in [-0.4, -0.2) is 28.5 Å². The standard InChI is InChI=1S/C26H43NOS/c1-3-5-6-7-8-9-10-11-12-13-14-15-16-17-18-19-20-21-22-25(4-2)27-23-24-29-26(27)28/h7-12,17-18,25H,3-6,13-16,19-24H2,1-2H3/b8-7+,10-9+,12-11+,18-17+. The Balaban J connectivity index is 1.93. The molecular weight excluding hydrogens is 374 g/mol. The first-order valence-electron chi connectivity index (χ1n) is 11.9. The Kier molecular flexibility index (Phi) is 16.7. The number of hydrogen-bond acceptors (Lipinski definition) is 2. The molecule has 0 aromatic heterocycles. The van der Waals surface area contributed by atoms with E-state index >= 15 is 0 Å². The lowest BCUT2D eigenvalue weighted by Gasteiger charge is -2.25. The second kappa shape index (κ2) is 18.8. The van der Waals surface area contributed by atoms with Crippen LogP contribution in [0.25, 0.3) is 0 Å². The van der Waals surface area contributed by atoms with Crippen molar-refractivity contribution in [3.8, 4) is 0 Å². The Labute approximate surface area is 184 Å². The Morgan fingerprint density at radius 3 is 1.97 bits per heavy atom. The molecule has 29 heavy (non-hydrogen) atoms. The molecule has 0 spiro atoms. The summed E-state index contributed by atoms with van der Waals surface area (Å²) in [6, 6.07) is 0.460. The fourth-order valence-electron chi connectivity index (χ4n) is 3.52. The van der Waals surface area contributed by atoms with Gasteiger partial charge >= 0.3 is 0 Å². The largest absolute Gasteiger partial charge is 0.330 e.